The summed E-state index contributed by atoms with van der Waals surface area (Å²) in [7, 11) is 0. The van der Waals surface area contributed by atoms with E-state index < -0.39 is 0 Å². The lowest BCUT2D eigenvalue weighted by atomic mass is 10.2. The Morgan fingerprint density at radius 3 is 2.45 bits per heavy atom. The van der Waals surface area contributed by atoms with Crippen molar-refractivity contribution in [1.29, 1.82) is 0 Å². The van der Waals surface area contributed by atoms with Crippen molar-refractivity contribution in [2.75, 3.05) is 11.5 Å². The Morgan fingerprint density at radius 2 is 1.91 bits per heavy atom. The SMILES string of the molecule is Nc1ccc(/C=C/O)cc1N. The second kappa shape index (κ2) is 2.96. The van der Waals surface area contributed by atoms with Gasteiger partial charge in [0.25, 0.3) is 0 Å². The van der Waals surface area contributed by atoms with Crippen molar-refractivity contribution in [3.63, 3.8) is 0 Å². The molecule has 0 radical (unpaired) electrons. The molecule has 5 N–H and O–H groups in total. The maximum absolute atomic E-state index is 8.43. The molecular formula is C8H10N2O. The first kappa shape index (κ1) is 7.47. The molecule has 0 aromatic heterocycles. The summed E-state index contributed by atoms with van der Waals surface area (Å²) in [5, 5.41) is 8.43. The fourth-order valence-electron chi connectivity index (χ4n) is 0.783. The molecule has 0 heterocycles. The minimum Gasteiger partial charge on any atom is -0.516 e. The lowest BCUT2D eigenvalue weighted by Gasteiger charge is -1.99. The normalized spacial score (nSPS) is 10.5. The van der Waals surface area contributed by atoms with E-state index in [-0.39, 0.29) is 0 Å². The summed E-state index contributed by atoms with van der Waals surface area (Å²) in [6, 6.07) is 5.17. The average molecular weight is 150 g/mol. The highest BCUT2D eigenvalue weighted by Gasteiger charge is 1.92. The molecule has 0 aliphatic rings. The van der Waals surface area contributed by atoms with Gasteiger partial charge in [0.15, 0.2) is 0 Å². The molecule has 58 valence electrons. The molecule has 1 aromatic rings. The Hall–Kier alpha value is -1.64. The van der Waals surface area contributed by atoms with Crippen LogP contribution in [0.1, 0.15) is 5.56 Å². The van der Waals surface area contributed by atoms with Crippen LogP contribution in [0.2, 0.25) is 0 Å². The van der Waals surface area contributed by atoms with Crippen LogP contribution < -0.4 is 11.5 Å². The van der Waals surface area contributed by atoms with E-state index in [9.17, 15) is 0 Å². The third-order valence-electron chi connectivity index (χ3n) is 1.38. The molecule has 0 saturated heterocycles. The summed E-state index contributed by atoms with van der Waals surface area (Å²) < 4.78 is 0. The fourth-order valence-corrected chi connectivity index (χ4v) is 0.783. The molecule has 0 aliphatic carbocycles. The summed E-state index contributed by atoms with van der Waals surface area (Å²) in [4.78, 5) is 0. The molecule has 0 atom stereocenters. The minimum atomic E-state index is 0.528. The van der Waals surface area contributed by atoms with Gasteiger partial charge in [0.1, 0.15) is 0 Å². The van der Waals surface area contributed by atoms with Crippen molar-refractivity contribution >= 4 is 17.5 Å². The quantitative estimate of drug-likeness (QED) is 0.418. The van der Waals surface area contributed by atoms with E-state index in [0.717, 1.165) is 11.8 Å². The van der Waals surface area contributed by atoms with Gasteiger partial charge < -0.3 is 16.6 Å². The van der Waals surface area contributed by atoms with Gasteiger partial charge in [-0.15, -0.1) is 0 Å². The van der Waals surface area contributed by atoms with E-state index in [0.29, 0.717) is 11.4 Å². The number of benzene rings is 1. The summed E-state index contributed by atoms with van der Waals surface area (Å²) in [5.74, 6) is 0. The van der Waals surface area contributed by atoms with Crippen LogP contribution >= 0.6 is 0 Å². The molecule has 3 heteroatoms. The molecule has 1 aromatic carbocycles. The Kier molecular flexibility index (Phi) is 2.01. The van der Waals surface area contributed by atoms with Crippen molar-refractivity contribution in [1.82, 2.24) is 0 Å². The van der Waals surface area contributed by atoms with Gasteiger partial charge >= 0.3 is 0 Å². The highest BCUT2D eigenvalue weighted by atomic mass is 16.2. The molecule has 0 unspecified atom stereocenters. The number of aliphatic hydroxyl groups excluding tert-OH is 1. The van der Waals surface area contributed by atoms with E-state index in [1.165, 1.54) is 6.08 Å². The maximum atomic E-state index is 8.43. The number of rotatable bonds is 1. The number of anilines is 2. The van der Waals surface area contributed by atoms with Gasteiger partial charge in [0.05, 0.1) is 17.6 Å². The van der Waals surface area contributed by atoms with Gasteiger partial charge in [0, 0.05) is 0 Å². The van der Waals surface area contributed by atoms with Crippen LogP contribution in [0, 0.1) is 0 Å². The number of aliphatic hydroxyl groups is 1. The van der Waals surface area contributed by atoms with Crippen LogP contribution in [-0.4, -0.2) is 5.11 Å². The zero-order valence-electron chi connectivity index (χ0n) is 5.99. The lowest BCUT2D eigenvalue weighted by Crippen LogP contribution is -1.93. The Labute approximate surface area is 64.9 Å². The molecule has 0 bridgehead atoms. The highest BCUT2D eigenvalue weighted by Crippen LogP contribution is 2.16. The summed E-state index contributed by atoms with van der Waals surface area (Å²) in [6.07, 6.45) is 2.50. The van der Waals surface area contributed by atoms with Crippen LogP contribution in [0.3, 0.4) is 0 Å². The summed E-state index contributed by atoms with van der Waals surface area (Å²) in [6.45, 7) is 0. The predicted molar refractivity (Wildman–Crippen MR) is 46.9 cm³/mol. The van der Waals surface area contributed by atoms with Crippen molar-refractivity contribution in [3.05, 3.63) is 30.0 Å². The van der Waals surface area contributed by atoms with Crippen LogP contribution in [0.25, 0.3) is 6.08 Å². The molecule has 1 rings (SSSR count). The molecule has 0 aliphatic heterocycles. The minimum absolute atomic E-state index is 0.528. The van der Waals surface area contributed by atoms with Crippen LogP contribution in [0.15, 0.2) is 24.5 Å². The lowest BCUT2D eigenvalue weighted by molar-refractivity contribution is 0.478. The largest absolute Gasteiger partial charge is 0.516 e. The molecule has 11 heavy (non-hydrogen) atoms. The Morgan fingerprint density at radius 1 is 1.18 bits per heavy atom. The Balaban J connectivity index is 3.05. The Bertz CT molecular complexity index is 281. The highest BCUT2D eigenvalue weighted by molar-refractivity contribution is 5.68. The third-order valence-corrected chi connectivity index (χ3v) is 1.38. The topological polar surface area (TPSA) is 72.3 Å². The summed E-state index contributed by atoms with van der Waals surface area (Å²) >= 11 is 0. The van der Waals surface area contributed by atoms with E-state index >= 15 is 0 Å². The molecule has 0 spiro atoms. The van der Waals surface area contributed by atoms with E-state index in [2.05, 4.69) is 0 Å². The second-order valence-corrected chi connectivity index (χ2v) is 2.20. The maximum Gasteiger partial charge on any atom is 0.0797 e. The van der Waals surface area contributed by atoms with Gasteiger partial charge in [-0.05, 0) is 23.8 Å². The van der Waals surface area contributed by atoms with Gasteiger partial charge in [-0.3, -0.25) is 0 Å². The number of nitrogen functional groups attached to an aromatic ring is 2. The first-order valence-electron chi connectivity index (χ1n) is 3.20. The van der Waals surface area contributed by atoms with E-state index in [1.807, 2.05) is 0 Å². The van der Waals surface area contributed by atoms with Gasteiger partial charge in [-0.25, -0.2) is 0 Å². The van der Waals surface area contributed by atoms with Crippen LogP contribution in [-0.2, 0) is 0 Å². The zero-order chi connectivity index (χ0) is 8.27. The molecule has 0 amide bonds. The van der Waals surface area contributed by atoms with Gasteiger partial charge in [-0.2, -0.15) is 0 Å². The van der Waals surface area contributed by atoms with Gasteiger partial charge in [0.2, 0.25) is 0 Å². The number of hydrogen-bond acceptors (Lipinski definition) is 3. The fraction of sp³-hybridized carbons (Fsp3) is 0. The van der Waals surface area contributed by atoms with Crippen LogP contribution in [0.4, 0.5) is 11.4 Å². The predicted octanol–water partition coefficient (Wildman–Crippen LogP) is 1.38. The van der Waals surface area contributed by atoms with Crippen LogP contribution in [0.5, 0.6) is 0 Å². The summed E-state index contributed by atoms with van der Waals surface area (Å²) in [5.41, 5.74) is 12.9. The number of hydrogen-bond donors (Lipinski definition) is 3. The van der Waals surface area contributed by atoms with Crippen molar-refractivity contribution in [2.24, 2.45) is 0 Å². The van der Waals surface area contributed by atoms with E-state index in [1.54, 1.807) is 18.2 Å². The van der Waals surface area contributed by atoms with Gasteiger partial charge in [-0.1, -0.05) is 6.07 Å². The van der Waals surface area contributed by atoms with Crippen molar-refractivity contribution in [2.45, 2.75) is 0 Å². The van der Waals surface area contributed by atoms with E-state index in [4.69, 9.17) is 16.6 Å². The molecule has 3 nitrogen and oxygen atoms in total. The standard InChI is InChI=1S/C8H10N2O/c9-7-2-1-6(3-4-11)5-8(7)10/h1-5,11H,9-10H2/b4-3+. The molecule has 0 saturated carbocycles. The van der Waals surface area contributed by atoms with Crippen molar-refractivity contribution < 1.29 is 5.11 Å². The first-order valence-corrected chi connectivity index (χ1v) is 3.20. The van der Waals surface area contributed by atoms with Crippen molar-refractivity contribution in [3.8, 4) is 0 Å². The first-order chi connectivity index (χ1) is 5.24. The third kappa shape index (κ3) is 1.64. The average Bonchev–Trinajstić information content (AvgIpc) is 1.98. The second-order valence-electron chi connectivity index (χ2n) is 2.20. The zero-order valence-corrected chi connectivity index (χ0v) is 5.99. The number of nitrogens with two attached hydrogens (primary N) is 2. The monoisotopic (exact) mass is 150 g/mol. The smallest absolute Gasteiger partial charge is 0.0797 e. The molecular weight excluding hydrogens is 140 g/mol. The molecule has 0 fully saturated rings.